The van der Waals surface area contributed by atoms with E-state index in [0.29, 0.717) is 42.1 Å². The molecule has 9 heteroatoms. The molecule has 2 aliphatic rings. The zero-order valence-electron chi connectivity index (χ0n) is 18.2. The minimum Gasteiger partial charge on any atom is -0.507 e. The molecule has 1 saturated heterocycles. The molecule has 0 radical (unpaired) electrons. The Hall–Kier alpha value is -2.71. The molecule has 0 spiro atoms. The number of benzene rings is 2. The molecule has 2 aromatic rings. The third kappa shape index (κ3) is 4.86. The van der Waals surface area contributed by atoms with Crippen molar-refractivity contribution in [2.45, 2.75) is 44.9 Å². The predicted molar refractivity (Wildman–Crippen MR) is 117 cm³/mol. The van der Waals surface area contributed by atoms with Gasteiger partial charge in [0, 0.05) is 41.3 Å². The molecule has 0 saturated carbocycles. The second-order valence-electron chi connectivity index (χ2n) is 8.96. The van der Waals surface area contributed by atoms with Crippen LogP contribution in [0.1, 0.15) is 44.4 Å². The molecule has 0 aromatic heterocycles. The second-order valence-corrected chi connectivity index (χ2v) is 9.40. The number of carbonyl (C=O) groups excluding carboxylic acids is 1. The summed E-state index contributed by atoms with van der Waals surface area (Å²) in [4.78, 5) is 14.2. The fraction of sp³-hybridized carbons (Fsp3) is 0.435. The summed E-state index contributed by atoms with van der Waals surface area (Å²) in [6.07, 6.45) is 0.153. The Balaban J connectivity index is 1.63. The number of rotatable bonds is 4. The Morgan fingerprint density at radius 3 is 2.66 bits per heavy atom. The number of carbonyl (C=O) groups is 1. The van der Waals surface area contributed by atoms with Crippen molar-refractivity contribution in [3.63, 3.8) is 0 Å². The minimum atomic E-state index is -0.618. The van der Waals surface area contributed by atoms with E-state index in [-0.39, 0.29) is 23.6 Å². The second kappa shape index (κ2) is 8.67. The number of amides is 1. The van der Waals surface area contributed by atoms with E-state index in [0.717, 1.165) is 0 Å². The van der Waals surface area contributed by atoms with Gasteiger partial charge in [0.05, 0.1) is 6.04 Å². The van der Waals surface area contributed by atoms with E-state index in [1.165, 1.54) is 12.1 Å². The lowest BCUT2D eigenvalue weighted by Gasteiger charge is -2.30. The number of phenolic OH excluding ortho intramolecular Hbond substituents is 1. The SMILES string of the molecule is CC(C)(C)OC(=O)N[C@@H]1CCN(C(c2cc3c(cc2O)OCO3)c2ccc(Cl)cc2F)C1. The molecule has 32 heavy (non-hydrogen) atoms. The summed E-state index contributed by atoms with van der Waals surface area (Å²) in [6, 6.07) is 6.83. The zero-order valence-corrected chi connectivity index (χ0v) is 18.9. The van der Waals surface area contributed by atoms with Crippen LogP contribution in [0, 0.1) is 5.82 Å². The normalized spacial score (nSPS) is 19.1. The topological polar surface area (TPSA) is 80.3 Å². The third-order valence-corrected chi connectivity index (χ3v) is 5.61. The van der Waals surface area contributed by atoms with Gasteiger partial charge in [-0.05, 0) is 45.4 Å². The molecule has 1 unspecified atom stereocenters. The molecule has 2 heterocycles. The average Bonchev–Trinajstić information content (AvgIpc) is 3.31. The quantitative estimate of drug-likeness (QED) is 0.688. The zero-order chi connectivity index (χ0) is 23.0. The van der Waals surface area contributed by atoms with Crippen molar-refractivity contribution in [2.75, 3.05) is 19.9 Å². The van der Waals surface area contributed by atoms with Gasteiger partial charge in [-0.3, -0.25) is 4.90 Å². The fourth-order valence-corrected chi connectivity index (χ4v) is 4.22. The van der Waals surface area contributed by atoms with Gasteiger partial charge in [-0.1, -0.05) is 17.7 Å². The first kappa shape index (κ1) is 22.5. The van der Waals surface area contributed by atoms with Crippen molar-refractivity contribution in [1.82, 2.24) is 10.2 Å². The first-order valence-electron chi connectivity index (χ1n) is 10.4. The Bertz CT molecular complexity index is 1030. The van der Waals surface area contributed by atoms with Crippen LogP contribution in [0.3, 0.4) is 0 Å². The van der Waals surface area contributed by atoms with Crippen LogP contribution in [0.5, 0.6) is 17.2 Å². The van der Waals surface area contributed by atoms with Gasteiger partial charge in [0.25, 0.3) is 0 Å². The number of phenols is 1. The molecule has 172 valence electrons. The number of fused-ring (bicyclic) bond motifs is 1. The Labute approximate surface area is 191 Å². The number of nitrogens with zero attached hydrogens (tertiary/aromatic N) is 1. The standard InChI is InChI=1S/C23H26ClFN2O5/c1-23(2,3)32-22(29)26-14-6-7-27(11-14)21(15-5-4-13(24)8-17(15)25)16-9-19-20(10-18(16)28)31-12-30-19/h4-5,8-10,14,21,28H,6-7,11-12H2,1-3H3,(H,26,29)/t14-,21?/m1/s1. The molecule has 7 nitrogen and oxygen atoms in total. The molecule has 0 bridgehead atoms. The van der Waals surface area contributed by atoms with Crippen molar-refractivity contribution in [1.29, 1.82) is 0 Å². The monoisotopic (exact) mass is 464 g/mol. The van der Waals surface area contributed by atoms with E-state index in [9.17, 15) is 9.90 Å². The highest BCUT2D eigenvalue weighted by Gasteiger charge is 2.35. The molecule has 4 rings (SSSR count). The lowest BCUT2D eigenvalue weighted by Crippen LogP contribution is -2.41. The van der Waals surface area contributed by atoms with E-state index in [1.54, 1.807) is 39.0 Å². The maximum absolute atomic E-state index is 15.0. The van der Waals surface area contributed by atoms with Crippen LogP contribution < -0.4 is 14.8 Å². The highest BCUT2D eigenvalue weighted by atomic mass is 35.5. The summed E-state index contributed by atoms with van der Waals surface area (Å²) < 4.78 is 31.2. The molecular weight excluding hydrogens is 439 g/mol. The Kier molecular flexibility index (Phi) is 6.09. The van der Waals surface area contributed by atoms with E-state index >= 15 is 4.39 Å². The van der Waals surface area contributed by atoms with Crippen molar-refractivity contribution in [2.24, 2.45) is 0 Å². The minimum absolute atomic E-state index is 0.0304. The first-order chi connectivity index (χ1) is 15.1. The molecule has 2 aliphatic heterocycles. The first-order valence-corrected chi connectivity index (χ1v) is 10.8. The van der Waals surface area contributed by atoms with Gasteiger partial charge in [-0.15, -0.1) is 0 Å². The van der Waals surface area contributed by atoms with E-state index < -0.39 is 23.6 Å². The molecule has 1 fully saturated rings. The van der Waals surface area contributed by atoms with Crippen LogP contribution in [-0.2, 0) is 4.74 Å². The highest BCUT2D eigenvalue weighted by molar-refractivity contribution is 6.30. The lowest BCUT2D eigenvalue weighted by molar-refractivity contribution is 0.0505. The number of alkyl carbamates (subject to hydrolysis) is 1. The Morgan fingerprint density at radius 1 is 1.25 bits per heavy atom. The largest absolute Gasteiger partial charge is 0.507 e. The molecule has 1 amide bonds. The summed E-state index contributed by atoms with van der Waals surface area (Å²) in [5, 5.41) is 13.9. The number of halogens is 2. The molecular formula is C23H26ClFN2O5. The summed E-state index contributed by atoms with van der Waals surface area (Å²) in [5.41, 5.74) is 0.241. The van der Waals surface area contributed by atoms with Crippen molar-refractivity contribution in [3.05, 3.63) is 52.3 Å². The number of hydrogen-bond acceptors (Lipinski definition) is 6. The van der Waals surface area contributed by atoms with Gasteiger partial charge < -0.3 is 24.6 Å². The number of nitrogens with one attached hydrogen (secondary N) is 1. The van der Waals surface area contributed by atoms with Crippen LogP contribution in [0.4, 0.5) is 9.18 Å². The van der Waals surface area contributed by atoms with Crippen LogP contribution >= 0.6 is 11.6 Å². The summed E-state index contributed by atoms with van der Waals surface area (Å²) >= 11 is 5.97. The summed E-state index contributed by atoms with van der Waals surface area (Å²) in [7, 11) is 0. The van der Waals surface area contributed by atoms with E-state index in [4.69, 9.17) is 25.8 Å². The van der Waals surface area contributed by atoms with E-state index in [2.05, 4.69) is 5.32 Å². The summed E-state index contributed by atoms with van der Waals surface area (Å²) in [6.45, 7) is 6.48. The van der Waals surface area contributed by atoms with Gasteiger partial charge in [0.2, 0.25) is 6.79 Å². The number of ether oxygens (including phenoxy) is 3. The van der Waals surface area contributed by atoms with Crippen molar-refractivity contribution >= 4 is 17.7 Å². The average molecular weight is 465 g/mol. The molecule has 2 N–H and O–H groups in total. The Morgan fingerprint density at radius 2 is 1.97 bits per heavy atom. The van der Waals surface area contributed by atoms with Crippen LogP contribution in [0.15, 0.2) is 30.3 Å². The van der Waals surface area contributed by atoms with Gasteiger partial charge >= 0.3 is 6.09 Å². The lowest BCUT2D eigenvalue weighted by atomic mass is 9.95. The maximum atomic E-state index is 15.0. The fourth-order valence-electron chi connectivity index (χ4n) is 4.06. The van der Waals surface area contributed by atoms with Crippen LogP contribution in [0.2, 0.25) is 5.02 Å². The third-order valence-electron chi connectivity index (χ3n) is 5.38. The molecule has 0 aliphatic carbocycles. The predicted octanol–water partition coefficient (Wildman–Crippen LogP) is 4.60. The van der Waals surface area contributed by atoms with Crippen LogP contribution in [0.25, 0.3) is 0 Å². The molecule has 2 atom stereocenters. The van der Waals surface area contributed by atoms with Gasteiger partial charge in [0.1, 0.15) is 17.2 Å². The maximum Gasteiger partial charge on any atom is 0.407 e. The number of likely N-dealkylation sites (tertiary alicyclic amines) is 1. The van der Waals surface area contributed by atoms with Gasteiger partial charge in [-0.25, -0.2) is 9.18 Å². The summed E-state index contributed by atoms with van der Waals surface area (Å²) in [5.74, 6) is 0.410. The molecule has 2 aromatic carbocycles. The van der Waals surface area contributed by atoms with E-state index in [1.807, 2.05) is 4.90 Å². The number of aromatic hydroxyl groups is 1. The van der Waals surface area contributed by atoms with Gasteiger partial charge in [0.15, 0.2) is 11.5 Å². The van der Waals surface area contributed by atoms with Crippen LogP contribution in [-0.4, -0.2) is 47.6 Å². The smallest absolute Gasteiger partial charge is 0.407 e. The van der Waals surface area contributed by atoms with Gasteiger partial charge in [-0.2, -0.15) is 0 Å². The van der Waals surface area contributed by atoms with Crippen molar-refractivity contribution in [3.8, 4) is 17.2 Å². The highest BCUT2D eigenvalue weighted by Crippen LogP contribution is 2.44. The van der Waals surface area contributed by atoms with Crippen molar-refractivity contribution < 1.29 is 28.5 Å². The number of hydrogen-bond donors (Lipinski definition) is 2.